The number of pyridine rings is 1. The van der Waals surface area contributed by atoms with Crippen LogP contribution in [0.15, 0.2) is 48.9 Å². The topological polar surface area (TPSA) is 89.0 Å². The molecule has 0 atom stereocenters. The molecule has 6 rings (SSSR count). The molecule has 0 saturated heterocycles. The predicted octanol–water partition coefficient (Wildman–Crippen LogP) is 4.04. The van der Waals surface area contributed by atoms with Gasteiger partial charge in [-0.1, -0.05) is 0 Å². The fourth-order valence-corrected chi connectivity index (χ4v) is 4.72. The van der Waals surface area contributed by atoms with Crippen LogP contribution < -0.4 is 4.74 Å². The van der Waals surface area contributed by atoms with E-state index in [0.29, 0.717) is 29.3 Å². The highest BCUT2D eigenvalue weighted by molar-refractivity contribution is 5.97. The SMILES string of the molecule is COC(=O)c1cc(OC)c2c(c1)nc(-c1cc3cccnc3n1CC1CC1)n2Cc1cnn(C)c1. The molecule has 1 aliphatic carbocycles. The minimum absolute atomic E-state index is 0.398. The summed E-state index contributed by atoms with van der Waals surface area (Å²) in [7, 11) is 4.87. The lowest BCUT2D eigenvalue weighted by Crippen LogP contribution is -2.08. The highest BCUT2D eigenvalue weighted by atomic mass is 16.5. The first kappa shape index (κ1) is 21.4. The number of carbonyl (C=O) groups excluding carboxylic acids is 1. The summed E-state index contributed by atoms with van der Waals surface area (Å²) >= 11 is 0. The van der Waals surface area contributed by atoms with Gasteiger partial charge in [-0.3, -0.25) is 4.68 Å². The Kier molecular flexibility index (Phi) is 5.05. The lowest BCUT2D eigenvalue weighted by Gasteiger charge is -2.13. The first-order valence-corrected chi connectivity index (χ1v) is 11.6. The maximum absolute atomic E-state index is 12.3. The van der Waals surface area contributed by atoms with Gasteiger partial charge in [0.2, 0.25) is 0 Å². The van der Waals surface area contributed by atoms with Crippen LogP contribution in [0, 0.1) is 5.92 Å². The van der Waals surface area contributed by atoms with E-state index in [1.54, 1.807) is 23.9 Å². The van der Waals surface area contributed by atoms with Crippen molar-refractivity contribution in [2.75, 3.05) is 14.2 Å². The van der Waals surface area contributed by atoms with Gasteiger partial charge in [-0.15, -0.1) is 0 Å². The van der Waals surface area contributed by atoms with E-state index in [1.165, 1.54) is 20.0 Å². The van der Waals surface area contributed by atoms with E-state index in [4.69, 9.17) is 14.5 Å². The zero-order valence-electron chi connectivity index (χ0n) is 19.9. The summed E-state index contributed by atoms with van der Waals surface area (Å²) in [6.45, 7) is 1.45. The van der Waals surface area contributed by atoms with Crippen molar-refractivity contribution >= 4 is 28.0 Å². The molecule has 9 nitrogen and oxygen atoms in total. The number of ether oxygens (including phenoxy) is 2. The summed E-state index contributed by atoms with van der Waals surface area (Å²) in [5.41, 5.74) is 4.86. The average molecular weight is 471 g/mol. The van der Waals surface area contributed by atoms with Crippen LogP contribution >= 0.6 is 0 Å². The Morgan fingerprint density at radius 2 is 2.03 bits per heavy atom. The number of carbonyl (C=O) groups is 1. The largest absolute Gasteiger partial charge is 0.494 e. The van der Waals surface area contributed by atoms with Crippen molar-refractivity contribution in [1.82, 2.24) is 28.9 Å². The van der Waals surface area contributed by atoms with E-state index in [0.717, 1.165) is 40.2 Å². The molecule has 0 spiro atoms. The van der Waals surface area contributed by atoms with Crippen LogP contribution in [0.3, 0.4) is 0 Å². The number of benzene rings is 1. The monoisotopic (exact) mass is 470 g/mol. The Labute approximate surface area is 201 Å². The second-order valence-electron chi connectivity index (χ2n) is 9.08. The third kappa shape index (κ3) is 3.73. The second kappa shape index (κ2) is 8.26. The van der Waals surface area contributed by atoms with Gasteiger partial charge in [0.05, 0.1) is 43.7 Å². The molecule has 1 saturated carbocycles. The first-order chi connectivity index (χ1) is 17.1. The lowest BCUT2D eigenvalue weighted by molar-refractivity contribution is 0.0600. The molecule has 0 N–H and O–H groups in total. The third-order valence-corrected chi connectivity index (χ3v) is 6.57. The van der Waals surface area contributed by atoms with Gasteiger partial charge in [-0.05, 0) is 49.1 Å². The van der Waals surface area contributed by atoms with Crippen LogP contribution in [0.1, 0.15) is 28.8 Å². The van der Waals surface area contributed by atoms with Crippen molar-refractivity contribution in [1.29, 1.82) is 0 Å². The van der Waals surface area contributed by atoms with Gasteiger partial charge in [0.15, 0.2) is 5.82 Å². The van der Waals surface area contributed by atoms with E-state index in [1.807, 2.05) is 31.7 Å². The molecule has 35 heavy (non-hydrogen) atoms. The minimum atomic E-state index is -0.430. The first-order valence-electron chi connectivity index (χ1n) is 11.6. The Balaban J connectivity index is 1.63. The summed E-state index contributed by atoms with van der Waals surface area (Å²) < 4.78 is 16.9. The zero-order chi connectivity index (χ0) is 24.1. The summed E-state index contributed by atoms with van der Waals surface area (Å²) in [6, 6.07) is 9.66. The van der Waals surface area contributed by atoms with E-state index in [9.17, 15) is 4.79 Å². The number of methoxy groups -OCH3 is 2. The Hall–Kier alpha value is -4.14. The molecule has 1 aliphatic rings. The van der Waals surface area contributed by atoms with Crippen molar-refractivity contribution in [2.45, 2.75) is 25.9 Å². The Bertz CT molecular complexity index is 1570. The normalized spacial score (nSPS) is 13.6. The summed E-state index contributed by atoms with van der Waals surface area (Å²) in [6.07, 6.45) is 8.14. The number of nitrogens with zero attached hydrogens (tertiary/aromatic N) is 6. The minimum Gasteiger partial charge on any atom is -0.494 e. The van der Waals surface area contributed by atoms with Crippen LogP contribution in [0.25, 0.3) is 33.6 Å². The molecule has 0 aliphatic heterocycles. The van der Waals surface area contributed by atoms with Crippen LogP contribution in [-0.2, 0) is 24.9 Å². The van der Waals surface area contributed by atoms with E-state index < -0.39 is 5.97 Å². The summed E-state index contributed by atoms with van der Waals surface area (Å²) in [5.74, 6) is 1.58. The van der Waals surface area contributed by atoms with Gasteiger partial charge in [0.1, 0.15) is 16.9 Å². The van der Waals surface area contributed by atoms with Crippen molar-refractivity contribution in [3.8, 4) is 17.3 Å². The molecule has 0 amide bonds. The Morgan fingerprint density at radius 3 is 2.74 bits per heavy atom. The molecular weight excluding hydrogens is 444 g/mol. The molecule has 178 valence electrons. The second-order valence-corrected chi connectivity index (χ2v) is 9.08. The van der Waals surface area contributed by atoms with Gasteiger partial charge in [-0.2, -0.15) is 5.10 Å². The van der Waals surface area contributed by atoms with Gasteiger partial charge in [-0.25, -0.2) is 14.8 Å². The molecule has 0 unspecified atom stereocenters. The van der Waals surface area contributed by atoms with E-state index in [-0.39, 0.29) is 0 Å². The fourth-order valence-electron chi connectivity index (χ4n) is 4.72. The summed E-state index contributed by atoms with van der Waals surface area (Å²) in [5, 5.41) is 5.42. The van der Waals surface area contributed by atoms with Gasteiger partial charge in [0, 0.05) is 36.9 Å². The van der Waals surface area contributed by atoms with Gasteiger partial charge >= 0.3 is 5.97 Å². The number of aryl methyl sites for hydroxylation is 1. The molecule has 9 heteroatoms. The number of hydrogen-bond donors (Lipinski definition) is 0. The van der Waals surface area contributed by atoms with Gasteiger partial charge in [0.25, 0.3) is 0 Å². The third-order valence-electron chi connectivity index (χ3n) is 6.57. The van der Waals surface area contributed by atoms with Crippen LogP contribution in [0.2, 0.25) is 0 Å². The highest BCUT2D eigenvalue weighted by Gasteiger charge is 2.27. The molecule has 4 aromatic heterocycles. The molecule has 5 aromatic rings. The molecule has 0 bridgehead atoms. The van der Waals surface area contributed by atoms with Crippen molar-refractivity contribution < 1.29 is 14.3 Å². The quantitative estimate of drug-likeness (QED) is 0.334. The highest BCUT2D eigenvalue weighted by Crippen LogP contribution is 2.38. The molecule has 1 aromatic carbocycles. The van der Waals surface area contributed by atoms with Crippen LogP contribution in [0.5, 0.6) is 5.75 Å². The zero-order valence-corrected chi connectivity index (χ0v) is 19.9. The number of aromatic nitrogens is 6. The van der Waals surface area contributed by atoms with E-state index >= 15 is 0 Å². The number of imidazole rings is 1. The summed E-state index contributed by atoms with van der Waals surface area (Å²) in [4.78, 5) is 22.1. The number of esters is 1. The molecule has 1 fully saturated rings. The Morgan fingerprint density at radius 1 is 1.17 bits per heavy atom. The molecule has 4 heterocycles. The van der Waals surface area contributed by atoms with Crippen molar-refractivity contribution in [3.63, 3.8) is 0 Å². The number of hydrogen-bond acceptors (Lipinski definition) is 6. The standard InChI is InChI=1S/C26H26N6O3/c1-30-13-17(12-28-30)15-32-23-20(9-19(26(33)35-3)11-22(23)34-2)29-25(32)21-10-18-5-4-8-27-24(18)31(21)14-16-6-7-16/h4-5,8-13,16H,6-7,14-15H2,1-3H3. The van der Waals surface area contributed by atoms with Crippen molar-refractivity contribution in [3.05, 3.63) is 60.0 Å². The van der Waals surface area contributed by atoms with Gasteiger partial charge < -0.3 is 18.6 Å². The predicted molar refractivity (Wildman–Crippen MR) is 131 cm³/mol. The maximum atomic E-state index is 12.3. The van der Waals surface area contributed by atoms with Crippen molar-refractivity contribution in [2.24, 2.45) is 13.0 Å². The molecular formula is C26H26N6O3. The van der Waals surface area contributed by atoms with E-state index in [2.05, 4.69) is 31.3 Å². The number of fused-ring (bicyclic) bond motifs is 2. The maximum Gasteiger partial charge on any atom is 0.338 e. The van der Waals surface area contributed by atoms with Crippen LogP contribution in [-0.4, -0.2) is 49.1 Å². The lowest BCUT2D eigenvalue weighted by atomic mass is 10.2. The van der Waals surface area contributed by atoms with Crippen LogP contribution in [0.4, 0.5) is 0 Å². The fraction of sp³-hybridized carbons (Fsp3) is 0.308. The molecule has 0 radical (unpaired) electrons. The number of rotatable bonds is 7. The smallest absolute Gasteiger partial charge is 0.338 e. The average Bonchev–Trinajstić information content (AvgIpc) is 3.33.